The molecule has 2 aromatic rings. The van der Waals surface area contributed by atoms with E-state index in [-0.39, 0.29) is 0 Å². The fourth-order valence-corrected chi connectivity index (χ4v) is 2.62. The van der Waals surface area contributed by atoms with Crippen LogP contribution in [0.5, 0.6) is 5.75 Å². The molecule has 0 saturated carbocycles. The second-order valence-electron chi connectivity index (χ2n) is 4.59. The van der Waals surface area contributed by atoms with E-state index in [1.165, 1.54) is 16.7 Å². The van der Waals surface area contributed by atoms with Crippen LogP contribution in [0.15, 0.2) is 40.9 Å². The van der Waals surface area contributed by atoms with Gasteiger partial charge in [-0.2, -0.15) is 0 Å². The van der Waals surface area contributed by atoms with Crippen LogP contribution in [0.1, 0.15) is 22.3 Å². The molecule has 3 heteroatoms. The summed E-state index contributed by atoms with van der Waals surface area (Å²) in [6.45, 7) is 5.25. The summed E-state index contributed by atoms with van der Waals surface area (Å²) >= 11 is 3.52. The Morgan fingerprint density at radius 2 is 1.68 bits per heavy atom. The van der Waals surface area contributed by atoms with E-state index in [2.05, 4.69) is 48.0 Å². The van der Waals surface area contributed by atoms with Crippen molar-refractivity contribution in [2.45, 2.75) is 27.0 Å². The van der Waals surface area contributed by atoms with E-state index in [9.17, 15) is 0 Å². The van der Waals surface area contributed by atoms with Crippen molar-refractivity contribution >= 4 is 15.9 Å². The van der Waals surface area contributed by atoms with Gasteiger partial charge in [-0.05, 0) is 52.5 Å². The van der Waals surface area contributed by atoms with Crippen LogP contribution in [0.3, 0.4) is 0 Å². The van der Waals surface area contributed by atoms with E-state index >= 15 is 0 Å². The molecular weight excluding hydrogens is 302 g/mol. The molecule has 0 aromatic heterocycles. The van der Waals surface area contributed by atoms with E-state index in [1.807, 2.05) is 18.2 Å². The maximum atomic E-state index is 5.98. The second-order valence-corrected chi connectivity index (χ2v) is 5.45. The molecule has 0 aliphatic heterocycles. The van der Waals surface area contributed by atoms with Gasteiger partial charge in [-0.1, -0.05) is 30.3 Å². The van der Waals surface area contributed by atoms with Gasteiger partial charge in [0.25, 0.3) is 0 Å². The van der Waals surface area contributed by atoms with Crippen LogP contribution in [0, 0.1) is 13.8 Å². The summed E-state index contributed by atoms with van der Waals surface area (Å²) in [6, 6.07) is 12.2. The summed E-state index contributed by atoms with van der Waals surface area (Å²) in [7, 11) is 0. The van der Waals surface area contributed by atoms with Crippen molar-refractivity contribution in [2.75, 3.05) is 0 Å². The molecule has 2 rings (SSSR count). The monoisotopic (exact) mass is 319 g/mol. The maximum absolute atomic E-state index is 5.98. The molecule has 0 radical (unpaired) electrons. The number of para-hydroxylation sites is 1. The summed E-state index contributed by atoms with van der Waals surface area (Å²) in [5, 5.41) is 0. The molecule has 0 bridgehead atoms. The van der Waals surface area contributed by atoms with Crippen LogP contribution in [-0.4, -0.2) is 0 Å². The van der Waals surface area contributed by atoms with Crippen molar-refractivity contribution in [3.8, 4) is 5.75 Å². The molecule has 0 fully saturated rings. The highest BCUT2D eigenvalue weighted by Crippen LogP contribution is 2.30. The van der Waals surface area contributed by atoms with Gasteiger partial charge in [-0.25, -0.2) is 0 Å². The van der Waals surface area contributed by atoms with Crippen LogP contribution >= 0.6 is 15.9 Å². The molecule has 2 N–H and O–H groups in total. The van der Waals surface area contributed by atoms with Gasteiger partial charge in [0.15, 0.2) is 0 Å². The Kier molecular flexibility index (Phi) is 4.61. The minimum absolute atomic E-state index is 0.474. The molecule has 0 saturated heterocycles. The summed E-state index contributed by atoms with van der Waals surface area (Å²) < 4.78 is 6.93. The molecule has 0 aliphatic rings. The first-order valence-corrected chi connectivity index (χ1v) is 7.08. The molecule has 100 valence electrons. The molecule has 19 heavy (non-hydrogen) atoms. The molecule has 0 amide bonds. The third-order valence-electron chi connectivity index (χ3n) is 3.27. The Morgan fingerprint density at radius 3 is 2.32 bits per heavy atom. The SMILES string of the molecule is Cc1cccc(C)c1COc1c(Br)cccc1CN. The van der Waals surface area contributed by atoms with Crippen molar-refractivity contribution in [3.05, 3.63) is 63.1 Å². The van der Waals surface area contributed by atoms with Crippen molar-refractivity contribution in [2.24, 2.45) is 5.73 Å². The van der Waals surface area contributed by atoms with Gasteiger partial charge >= 0.3 is 0 Å². The Bertz CT molecular complexity index is 561. The van der Waals surface area contributed by atoms with Gasteiger partial charge < -0.3 is 10.5 Å². The number of hydrogen-bond acceptors (Lipinski definition) is 2. The highest BCUT2D eigenvalue weighted by atomic mass is 79.9. The van der Waals surface area contributed by atoms with E-state index in [4.69, 9.17) is 10.5 Å². The van der Waals surface area contributed by atoms with E-state index in [0.717, 1.165) is 15.8 Å². The highest BCUT2D eigenvalue weighted by Gasteiger charge is 2.09. The zero-order valence-electron chi connectivity index (χ0n) is 11.2. The maximum Gasteiger partial charge on any atom is 0.138 e. The predicted octanol–water partition coefficient (Wildman–Crippen LogP) is 4.10. The molecule has 0 atom stereocenters. The van der Waals surface area contributed by atoms with E-state index in [0.29, 0.717) is 13.2 Å². The Labute approximate surface area is 122 Å². The molecule has 0 heterocycles. The smallest absolute Gasteiger partial charge is 0.138 e. The number of halogens is 1. The highest BCUT2D eigenvalue weighted by molar-refractivity contribution is 9.10. The molecule has 0 spiro atoms. The van der Waals surface area contributed by atoms with Gasteiger partial charge in [-0.3, -0.25) is 0 Å². The zero-order valence-corrected chi connectivity index (χ0v) is 12.8. The average molecular weight is 320 g/mol. The molecule has 2 nitrogen and oxygen atoms in total. The lowest BCUT2D eigenvalue weighted by Crippen LogP contribution is -2.05. The first kappa shape index (κ1) is 14.1. The lowest BCUT2D eigenvalue weighted by atomic mass is 10.0. The van der Waals surface area contributed by atoms with Gasteiger partial charge in [-0.15, -0.1) is 0 Å². The van der Waals surface area contributed by atoms with Crippen molar-refractivity contribution in [1.29, 1.82) is 0 Å². The zero-order chi connectivity index (χ0) is 13.8. The predicted molar refractivity (Wildman–Crippen MR) is 82.3 cm³/mol. The van der Waals surface area contributed by atoms with Crippen molar-refractivity contribution in [3.63, 3.8) is 0 Å². The van der Waals surface area contributed by atoms with E-state index in [1.54, 1.807) is 0 Å². The van der Waals surface area contributed by atoms with Gasteiger partial charge in [0.2, 0.25) is 0 Å². The first-order chi connectivity index (χ1) is 9.13. The quantitative estimate of drug-likeness (QED) is 0.920. The van der Waals surface area contributed by atoms with Crippen LogP contribution < -0.4 is 10.5 Å². The van der Waals surface area contributed by atoms with Crippen LogP contribution in [-0.2, 0) is 13.2 Å². The topological polar surface area (TPSA) is 35.2 Å². The fraction of sp³-hybridized carbons (Fsp3) is 0.250. The minimum Gasteiger partial charge on any atom is -0.487 e. The average Bonchev–Trinajstić information content (AvgIpc) is 2.39. The van der Waals surface area contributed by atoms with Crippen LogP contribution in [0.4, 0.5) is 0 Å². The van der Waals surface area contributed by atoms with Gasteiger partial charge in [0, 0.05) is 12.1 Å². The first-order valence-electron chi connectivity index (χ1n) is 6.29. The third-order valence-corrected chi connectivity index (χ3v) is 3.90. The molecule has 0 unspecified atom stereocenters. The second kappa shape index (κ2) is 6.22. The van der Waals surface area contributed by atoms with E-state index < -0.39 is 0 Å². The Balaban J connectivity index is 2.24. The van der Waals surface area contributed by atoms with Crippen molar-refractivity contribution in [1.82, 2.24) is 0 Å². The van der Waals surface area contributed by atoms with Crippen molar-refractivity contribution < 1.29 is 4.74 Å². The summed E-state index contributed by atoms with van der Waals surface area (Å²) in [4.78, 5) is 0. The standard InChI is InChI=1S/C16H18BrNO/c1-11-5-3-6-12(2)14(11)10-19-16-13(9-18)7-4-8-15(16)17/h3-8H,9-10,18H2,1-2H3. The Hall–Kier alpha value is -1.32. The fourth-order valence-electron chi connectivity index (χ4n) is 2.10. The molecule has 2 aromatic carbocycles. The number of hydrogen-bond donors (Lipinski definition) is 1. The number of ether oxygens (including phenoxy) is 1. The largest absolute Gasteiger partial charge is 0.487 e. The van der Waals surface area contributed by atoms with Crippen LogP contribution in [0.2, 0.25) is 0 Å². The lowest BCUT2D eigenvalue weighted by molar-refractivity contribution is 0.299. The lowest BCUT2D eigenvalue weighted by Gasteiger charge is -2.15. The minimum atomic E-state index is 0.474. The number of nitrogens with two attached hydrogens (primary N) is 1. The van der Waals surface area contributed by atoms with Gasteiger partial charge in [0.1, 0.15) is 12.4 Å². The Morgan fingerprint density at radius 1 is 1.05 bits per heavy atom. The molecule has 0 aliphatic carbocycles. The molecular formula is C16H18BrNO. The summed E-state index contributed by atoms with van der Waals surface area (Å²) in [5.74, 6) is 0.840. The number of aryl methyl sites for hydroxylation is 2. The van der Waals surface area contributed by atoms with Crippen LogP contribution in [0.25, 0.3) is 0 Å². The normalized spacial score (nSPS) is 10.5. The summed E-state index contributed by atoms with van der Waals surface area (Å²) in [5.41, 5.74) is 10.5. The summed E-state index contributed by atoms with van der Waals surface area (Å²) in [6.07, 6.45) is 0. The number of benzene rings is 2. The van der Waals surface area contributed by atoms with Gasteiger partial charge in [0.05, 0.1) is 4.47 Å². The number of rotatable bonds is 4. The third kappa shape index (κ3) is 3.17.